The van der Waals surface area contributed by atoms with Crippen molar-refractivity contribution in [1.82, 2.24) is 13.8 Å². The fraction of sp³-hybridized carbons (Fsp3) is 0.280. The number of sulfonamides is 1. The molecule has 10 heteroatoms. The van der Waals surface area contributed by atoms with Crippen molar-refractivity contribution in [2.75, 3.05) is 32.7 Å². The molecule has 0 saturated carbocycles. The van der Waals surface area contributed by atoms with Gasteiger partial charge >= 0.3 is 0 Å². The number of aliphatic hydroxyl groups excluding tert-OH is 1. The van der Waals surface area contributed by atoms with Crippen LogP contribution in [0.1, 0.15) is 0 Å². The monoisotopic (exact) mass is 551 g/mol. The van der Waals surface area contributed by atoms with E-state index < -0.39 is 16.1 Å². The van der Waals surface area contributed by atoms with Crippen LogP contribution in [0.5, 0.6) is 0 Å². The van der Waals surface area contributed by atoms with Crippen LogP contribution in [0.25, 0.3) is 21.8 Å². The molecule has 0 radical (unpaired) electrons. The fourth-order valence-electron chi connectivity index (χ4n) is 4.72. The summed E-state index contributed by atoms with van der Waals surface area (Å²) in [5.74, 6) is 0. The van der Waals surface area contributed by atoms with E-state index in [2.05, 4.69) is 9.47 Å². The highest BCUT2D eigenvalue weighted by molar-refractivity contribution is 7.89. The Morgan fingerprint density at radius 2 is 1.26 bits per heavy atom. The summed E-state index contributed by atoms with van der Waals surface area (Å²) in [7, 11) is -3.57. The van der Waals surface area contributed by atoms with Crippen molar-refractivity contribution in [2.45, 2.75) is 17.5 Å². The molecular formula is C25H24Cl3N3O3S. The van der Waals surface area contributed by atoms with Crippen LogP contribution in [-0.4, -0.2) is 66.1 Å². The SMILES string of the molecule is O=S(=O)(c1ccc(Cl)cc1)N1CCN(C[C@@H](O)Cn2c3ccc(Cl)cc3c3cc(Cl)ccc32)CC1. The molecule has 1 fully saturated rings. The van der Waals surface area contributed by atoms with Crippen LogP contribution in [0.2, 0.25) is 15.1 Å². The summed E-state index contributed by atoms with van der Waals surface area (Å²) < 4.78 is 29.4. The largest absolute Gasteiger partial charge is 0.390 e. The van der Waals surface area contributed by atoms with E-state index in [9.17, 15) is 13.5 Å². The normalized spacial score (nSPS) is 16.8. The van der Waals surface area contributed by atoms with Gasteiger partial charge < -0.3 is 9.67 Å². The van der Waals surface area contributed by atoms with Gasteiger partial charge in [-0.25, -0.2) is 8.42 Å². The number of hydrogen-bond acceptors (Lipinski definition) is 4. The number of fused-ring (bicyclic) bond motifs is 3. The predicted octanol–water partition coefficient (Wildman–Crippen LogP) is 5.12. The number of hydrogen-bond donors (Lipinski definition) is 1. The Labute approximate surface area is 219 Å². The number of halogens is 3. The van der Waals surface area contributed by atoms with E-state index in [1.54, 1.807) is 12.1 Å². The first kappa shape index (κ1) is 24.8. The van der Waals surface area contributed by atoms with Crippen molar-refractivity contribution in [2.24, 2.45) is 0 Å². The predicted molar refractivity (Wildman–Crippen MR) is 142 cm³/mol. The summed E-state index contributed by atoms with van der Waals surface area (Å²) in [4.78, 5) is 2.34. The van der Waals surface area contributed by atoms with Gasteiger partial charge in [0, 0.05) is 69.6 Å². The molecular weight excluding hydrogens is 529 g/mol. The molecule has 5 rings (SSSR count). The fourth-order valence-corrected chi connectivity index (χ4v) is 6.61. The summed E-state index contributed by atoms with van der Waals surface area (Å²) in [5.41, 5.74) is 1.95. The van der Waals surface area contributed by atoms with Crippen LogP contribution in [0, 0.1) is 0 Å². The van der Waals surface area contributed by atoms with E-state index >= 15 is 0 Å². The Balaban J connectivity index is 1.28. The smallest absolute Gasteiger partial charge is 0.243 e. The third kappa shape index (κ3) is 5.04. The average molecular weight is 553 g/mol. The third-order valence-corrected chi connectivity index (χ3v) is 9.07. The highest BCUT2D eigenvalue weighted by atomic mass is 35.5. The number of aliphatic hydroxyl groups is 1. The standard InChI is InChI=1S/C25H24Cl3N3O3S/c26-17-1-5-21(6-2-17)35(33,34)30-11-9-29(10-12-30)15-20(32)16-31-24-7-3-18(27)13-22(24)23-14-19(28)4-8-25(23)31/h1-8,13-14,20,32H,9-12,15-16H2/t20-/m1/s1. The molecule has 184 valence electrons. The number of aromatic nitrogens is 1. The first-order valence-corrected chi connectivity index (χ1v) is 13.8. The minimum Gasteiger partial charge on any atom is -0.390 e. The molecule has 0 spiro atoms. The van der Waals surface area contributed by atoms with Gasteiger partial charge in [-0.1, -0.05) is 34.8 Å². The molecule has 0 amide bonds. The number of benzene rings is 3. The van der Waals surface area contributed by atoms with Gasteiger partial charge in [-0.05, 0) is 60.7 Å². The van der Waals surface area contributed by atoms with Crippen molar-refractivity contribution in [3.8, 4) is 0 Å². The molecule has 1 aliphatic rings. The van der Waals surface area contributed by atoms with E-state index in [1.165, 1.54) is 16.4 Å². The van der Waals surface area contributed by atoms with Gasteiger partial charge in [0.15, 0.2) is 0 Å². The van der Waals surface area contributed by atoms with Gasteiger partial charge in [0.2, 0.25) is 10.0 Å². The second kappa shape index (κ2) is 9.90. The molecule has 1 aliphatic heterocycles. The van der Waals surface area contributed by atoms with Crippen molar-refractivity contribution in [3.63, 3.8) is 0 Å². The Kier molecular flexibility index (Phi) is 7.03. The van der Waals surface area contributed by atoms with Gasteiger partial charge in [-0.3, -0.25) is 4.90 Å². The van der Waals surface area contributed by atoms with Crippen LogP contribution >= 0.6 is 34.8 Å². The quantitative estimate of drug-likeness (QED) is 0.361. The number of β-amino-alcohol motifs (C(OH)–C–C–N with tert-alkyl or cyclic N) is 1. The zero-order valence-corrected chi connectivity index (χ0v) is 21.8. The number of nitrogens with zero attached hydrogens (tertiary/aromatic N) is 3. The molecule has 0 bridgehead atoms. The first-order chi connectivity index (χ1) is 16.7. The molecule has 1 N–H and O–H groups in total. The summed E-state index contributed by atoms with van der Waals surface area (Å²) in [6.07, 6.45) is -0.639. The van der Waals surface area contributed by atoms with Gasteiger partial charge in [0.05, 0.1) is 17.5 Å². The summed E-state index contributed by atoms with van der Waals surface area (Å²) in [6.45, 7) is 2.66. The molecule has 1 aromatic heterocycles. The van der Waals surface area contributed by atoms with E-state index in [0.717, 1.165) is 21.8 Å². The van der Waals surface area contributed by atoms with Crippen molar-refractivity contribution in [1.29, 1.82) is 0 Å². The average Bonchev–Trinajstić information content (AvgIpc) is 3.11. The molecule has 0 aliphatic carbocycles. The lowest BCUT2D eigenvalue weighted by atomic mass is 10.1. The Morgan fingerprint density at radius 1 is 0.743 bits per heavy atom. The maximum absolute atomic E-state index is 12.9. The minimum absolute atomic E-state index is 0.238. The van der Waals surface area contributed by atoms with E-state index in [4.69, 9.17) is 34.8 Å². The zero-order valence-electron chi connectivity index (χ0n) is 18.7. The van der Waals surface area contributed by atoms with Gasteiger partial charge in [-0.2, -0.15) is 4.31 Å². The lowest BCUT2D eigenvalue weighted by Crippen LogP contribution is -2.50. The molecule has 1 atom stereocenters. The zero-order chi connectivity index (χ0) is 24.7. The molecule has 0 unspecified atom stereocenters. The molecule has 35 heavy (non-hydrogen) atoms. The second-order valence-electron chi connectivity index (χ2n) is 8.75. The van der Waals surface area contributed by atoms with Crippen LogP contribution in [0.15, 0.2) is 65.6 Å². The Hall–Kier alpha value is -1.84. The minimum atomic E-state index is -3.57. The van der Waals surface area contributed by atoms with Crippen LogP contribution in [0.4, 0.5) is 0 Å². The molecule has 1 saturated heterocycles. The summed E-state index contributed by atoms with van der Waals surface area (Å²) >= 11 is 18.4. The highest BCUT2D eigenvalue weighted by Gasteiger charge is 2.29. The molecule has 4 aromatic rings. The van der Waals surface area contributed by atoms with Crippen molar-refractivity contribution in [3.05, 3.63) is 75.7 Å². The van der Waals surface area contributed by atoms with E-state index in [1.807, 2.05) is 36.4 Å². The lowest BCUT2D eigenvalue weighted by Gasteiger charge is -2.35. The highest BCUT2D eigenvalue weighted by Crippen LogP contribution is 2.33. The summed E-state index contributed by atoms with van der Waals surface area (Å²) in [6, 6.07) is 17.6. The third-order valence-electron chi connectivity index (χ3n) is 6.43. The van der Waals surface area contributed by atoms with Crippen molar-refractivity contribution >= 4 is 66.6 Å². The number of rotatable bonds is 6. The maximum Gasteiger partial charge on any atom is 0.243 e. The van der Waals surface area contributed by atoms with Crippen LogP contribution in [-0.2, 0) is 16.6 Å². The molecule has 6 nitrogen and oxygen atoms in total. The first-order valence-electron chi connectivity index (χ1n) is 11.3. The number of piperazine rings is 1. The summed E-state index contributed by atoms with van der Waals surface area (Å²) in [5, 5.41) is 14.7. The van der Waals surface area contributed by atoms with Gasteiger partial charge in [0.25, 0.3) is 0 Å². The Morgan fingerprint density at radius 3 is 1.80 bits per heavy atom. The lowest BCUT2D eigenvalue weighted by molar-refractivity contribution is 0.0823. The maximum atomic E-state index is 12.9. The van der Waals surface area contributed by atoms with Gasteiger partial charge in [0.1, 0.15) is 0 Å². The van der Waals surface area contributed by atoms with Crippen LogP contribution < -0.4 is 0 Å². The molecule has 3 aromatic carbocycles. The van der Waals surface area contributed by atoms with Crippen molar-refractivity contribution < 1.29 is 13.5 Å². The Bertz CT molecular complexity index is 1420. The topological polar surface area (TPSA) is 65.8 Å². The van der Waals surface area contributed by atoms with E-state index in [-0.39, 0.29) is 4.90 Å². The van der Waals surface area contributed by atoms with Gasteiger partial charge in [-0.15, -0.1) is 0 Å². The van der Waals surface area contributed by atoms with E-state index in [0.29, 0.717) is 54.3 Å². The van der Waals surface area contributed by atoms with Crippen LogP contribution in [0.3, 0.4) is 0 Å². The molecule has 2 heterocycles. The second-order valence-corrected chi connectivity index (χ2v) is 12.0.